The van der Waals surface area contributed by atoms with Crippen molar-refractivity contribution in [3.63, 3.8) is 0 Å². The van der Waals surface area contributed by atoms with Gasteiger partial charge in [-0.15, -0.1) is 0 Å². The molecule has 76 valence electrons. The molecule has 0 aromatic rings. The second kappa shape index (κ2) is 3.90. The van der Waals surface area contributed by atoms with Gasteiger partial charge in [-0.05, 0) is 25.7 Å². The van der Waals surface area contributed by atoms with E-state index in [1.165, 1.54) is 0 Å². The van der Waals surface area contributed by atoms with Gasteiger partial charge in [0.15, 0.2) is 0 Å². The van der Waals surface area contributed by atoms with Gasteiger partial charge in [0.2, 0.25) is 0 Å². The Hall–Kier alpha value is -0.190. The highest BCUT2D eigenvalue weighted by molar-refractivity contribution is 9.10. The molecule has 0 unspecified atom stereocenters. The van der Waals surface area contributed by atoms with E-state index in [0.29, 0.717) is 5.92 Å². The van der Waals surface area contributed by atoms with Gasteiger partial charge in [0.25, 0.3) is 0 Å². The molecule has 13 heavy (non-hydrogen) atoms. The summed E-state index contributed by atoms with van der Waals surface area (Å²) in [5.74, 6) is -0.870. The number of hydrogen-bond donors (Lipinski definition) is 1. The van der Waals surface area contributed by atoms with Crippen molar-refractivity contribution in [2.24, 2.45) is 5.92 Å². The number of amides is 1. The average Bonchev–Trinajstić information content (AvgIpc) is 1.79. The summed E-state index contributed by atoms with van der Waals surface area (Å²) in [5, 5.41) is 2.29. The predicted molar refractivity (Wildman–Crippen MR) is 48.8 cm³/mol. The van der Waals surface area contributed by atoms with Crippen molar-refractivity contribution >= 4 is 21.8 Å². The fraction of sp³-hybridized carbons (Fsp3) is 0.875. The number of hydrogen-bond acceptors (Lipinski definition) is 1. The molecule has 0 aromatic heterocycles. The molecule has 0 radical (unpaired) electrons. The van der Waals surface area contributed by atoms with Crippen molar-refractivity contribution < 1.29 is 13.6 Å². The van der Waals surface area contributed by atoms with Crippen molar-refractivity contribution in [2.45, 2.75) is 37.1 Å². The van der Waals surface area contributed by atoms with Crippen LogP contribution in [0.4, 0.5) is 8.78 Å². The number of rotatable bonds is 3. The summed E-state index contributed by atoms with van der Waals surface area (Å²) >= 11 is 2.02. The van der Waals surface area contributed by atoms with E-state index in [0.717, 1.165) is 19.3 Å². The summed E-state index contributed by atoms with van der Waals surface area (Å²) < 4.78 is 24.7. The third-order valence-corrected chi connectivity index (χ3v) is 2.83. The van der Waals surface area contributed by atoms with Gasteiger partial charge < -0.3 is 5.32 Å². The van der Waals surface area contributed by atoms with Crippen LogP contribution in [0.2, 0.25) is 0 Å². The summed E-state index contributed by atoms with van der Waals surface area (Å²) in [4.78, 5) is 7.37. The minimum atomic E-state index is -3.44. The summed E-state index contributed by atoms with van der Waals surface area (Å²) in [6.07, 6.45) is 3.18. The molecule has 2 nitrogen and oxygen atoms in total. The first kappa shape index (κ1) is 10.9. The maximum Gasteiger partial charge on any atom is 0.377 e. The van der Waals surface area contributed by atoms with Gasteiger partial charge in [0.1, 0.15) is 0 Å². The lowest BCUT2D eigenvalue weighted by molar-refractivity contribution is -0.135. The second-order valence-electron chi connectivity index (χ2n) is 3.45. The van der Waals surface area contributed by atoms with Gasteiger partial charge in [-0.1, -0.05) is 6.42 Å². The molecule has 1 amide bonds. The number of carbonyl (C=O) groups excluding carboxylic acids is 1. The lowest BCUT2D eigenvalue weighted by atomic mass is 9.80. The van der Waals surface area contributed by atoms with E-state index < -0.39 is 10.7 Å². The molecular formula is C8H12BrF2NO. The highest BCUT2D eigenvalue weighted by Gasteiger charge is 2.37. The van der Waals surface area contributed by atoms with Gasteiger partial charge >= 0.3 is 10.7 Å². The van der Waals surface area contributed by atoms with Crippen LogP contribution in [0.25, 0.3) is 0 Å². The molecule has 1 rings (SSSR count). The number of alkyl halides is 3. The Bertz CT molecular complexity index is 201. The van der Waals surface area contributed by atoms with Crippen LogP contribution < -0.4 is 5.32 Å². The van der Waals surface area contributed by atoms with E-state index in [2.05, 4.69) is 5.32 Å². The Labute approximate surface area is 84.2 Å². The first-order valence-electron chi connectivity index (χ1n) is 4.29. The van der Waals surface area contributed by atoms with E-state index in [-0.39, 0.29) is 6.04 Å². The smallest absolute Gasteiger partial charge is 0.347 e. The van der Waals surface area contributed by atoms with Gasteiger partial charge in [0.05, 0.1) is 0 Å². The molecule has 0 aliphatic heterocycles. The molecule has 1 aliphatic carbocycles. The fourth-order valence-electron chi connectivity index (χ4n) is 1.35. The van der Waals surface area contributed by atoms with Crippen molar-refractivity contribution in [2.75, 3.05) is 0 Å². The molecule has 0 bridgehead atoms. The van der Waals surface area contributed by atoms with Gasteiger partial charge in [-0.2, -0.15) is 8.78 Å². The zero-order chi connectivity index (χ0) is 10.1. The topological polar surface area (TPSA) is 29.1 Å². The highest BCUT2D eigenvalue weighted by Crippen LogP contribution is 2.30. The first-order chi connectivity index (χ1) is 5.91. The Morgan fingerprint density at radius 1 is 1.62 bits per heavy atom. The molecule has 1 saturated carbocycles. The number of nitrogens with one attached hydrogen (secondary N) is 1. The maximum absolute atomic E-state index is 12.4. The lowest BCUT2D eigenvalue weighted by Crippen LogP contribution is -2.45. The molecule has 1 atom stereocenters. The standard InChI is InChI=1S/C8H12BrF2NO/c1-5(6-3-2-4-6)12-7(13)8(9,10)11/h5-6H,2-4H2,1H3,(H,12,13)/t5-/m0/s1. The van der Waals surface area contributed by atoms with E-state index in [9.17, 15) is 13.6 Å². The summed E-state index contributed by atoms with van der Waals surface area (Å²) in [5.41, 5.74) is 0. The monoisotopic (exact) mass is 255 g/mol. The zero-order valence-corrected chi connectivity index (χ0v) is 8.90. The van der Waals surface area contributed by atoms with Crippen LogP contribution in [0.15, 0.2) is 0 Å². The van der Waals surface area contributed by atoms with Gasteiger partial charge in [0, 0.05) is 22.0 Å². The predicted octanol–water partition coefficient (Wildman–Crippen LogP) is 2.28. The quantitative estimate of drug-likeness (QED) is 0.771. The Balaban J connectivity index is 2.35. The molecular weight excluding hydrogens is 244 g/mol. The third-order valence-electron chi connectivity index (χ3n) is 2.47. The summed E-state index contributed by atoms with van der Waals surface area (Å²) in [7, 11) is 0. The Morgan fingerprint density at radius 2 is 2.15 bits per heavy atom. The van der Waals surface area contributed by atoms with Crippen LogP contribution in [-0.4, -0.2) is 16.8 Å². The van der Waals surface area contributed by atoms with E-state index in [1.807, 2.05) is 15.9 Å². The largest absolute Gasteiger partial charge is 0.377 e. The molecule has 0 aromatic carbocycles. The molecule has 0 spiro atoms. The van der Waals surface area contributed by atoms with Crippen molar-refractivity contribution in [3.8, 4) is 0 Å². The van der Waals surface area contributed by atoms with Crippen molar-refractivity contribution in [3.05, 3.63) is 0 Å². The van der Waals surface area contributed by atoms with Crippen LogP contribution in [0, 0.1) is 5.92 Å². The SMILES string of the molecule is C[C@H](NC(=O)C(F)(F)Br)C1CCC1. The Morgan fingerprint density at radius 3 is 2.46 bits per heavy atom. The first-order valence-corrected chi connectivity index (χ1v) is 5.08. The van der Waals surface area contributed by atoms with E-state index in [1.54, 1.807) is 6.92 Å². The average molecular weight is 256 g/mol. The molecule has 0 saturated heterocycles. The third kappa shape index (κ3) is 2.90. The van der Waals surface area contributed by atoms with E-state index >= 15 is 0 Å². The van der Waals surface area contributed by atoms with Gasteiger partial charge in [-0.25, -0.2) is 0 Å². The molecule has 0 heterocycles. The van der Waals surface area contributed by atoms with Crippen LogP contribution in [0.3, 0.4) is 0 Å². The van der Waals surface area contributed by atoms with Crippen molar-refractivity contribution in [1.29, 1.82) is 0 Å². The lowest BCUT2D eigenvalue weighted by Gasteiger charge is -2.32. The van der Waals surface area contributed by atoms with Crippen molar-refractivity contribution in [1.82, 2.24) is 5.32 Å². The number of halogens is 3. The number of carbonyl (C=O) groups is 1. The van der Waals surface area contributed by atoms with Gasteiger partial charge in [-0.3, -0.25) is 4.79 Å². The van der Waals surface area contributed by atoms with E-state index in [4.69, 9.17) is 0 Å². The van der Waals surface area contributed by atoms with Crippen LogP contribution in [0.5, 0.6) is 0 Å². The second-order valence-corrected chi connectivity index (χ2v) is 4.45. The molecule has 1 aliphatic rings. The molecule has 5 heteroatoms. The minimum Gasteiger partial charge on any atom is -0.347 e. The molecule has 1 fully saturated rings. The Kier molecular flexibility index (Phi) is 3.27. The van der Waals surface area contributed by atoms with Crippen LogP contribution in [0.1, 0.15) is 26.2 Å². The van der Waals surface area contributed by atoms with Crippen LogP contribution in [-0.2, 0) is 4.79 Å². The maximum atomic E-state index is 12.4. The normalized spacial score (nSPS) is 20.6. The summed E-state index contributed by atoms with van der Waals surface area (Å²) in [6.45, 7) is 1.76. The molecule has 1 N–H and O–H groups in total. The fourth-order valence-corrected chi connectivity index (χ4v) is 1.46. The zero-order valence-electron chi connectivity index (χ0n) is 7.32. The summed E-state index contributed by atoms with van der Waals surface area (Å²) in [6, 6.07) is -0.148. The van der Waals surface area contributed by atoms with Crippen LogP contribution >= 0.6 is 15.9 Å². The highest BCUT2D eigenvalue weighted by atomic mass is 79.9. The minimum absolute atomic E-state index is 0.148.